The summed E-state index contributed by atoms with van der Waals surface area (Å²) in [6.07, 6.45) is 4.82. The number of benzene rings is 3. The maximum Gasteiger partial charge on any atom is 0.247 e. The van der Waals surface area contributed by atoms with Gasteiger partial charge < -0.3 is 14.2 Å². The summed E-state index contributed by atoms with van der Waals surface area (Å²) in [5.41, 5.74) is 5.04. The lowest BCUT2D eigenvalue weighted by Crippen LogP contribution is -2.47. The lowest BCUT2D eigenvalue weighted by Gasteiger charge is -2.39. The molecule has 2 heterocycles. The molecule has 3 unspecified atom stereocenters. The number of rotatable bonds is 7. The van der Waals surface area contributed by atoms with Crippen LogP contribution in [0.25, 0.3) is 5.69 Å². The van der Waals surface area contributed by atoms with E-state index in [0.29, 0.717) is 0 Å². The molecule has 0 radical (unpaired) electrons. The summed E-state index contributed by atoms with van der Waals surface area (Å²) in [5.74, 6) is 1.04. The second-order valence-electron chi connectivity index (χ2n) is 10.8. The molecule has 3 aliphatic rings. The average molecular weight is 518 g/mol. The van der Waals surface area contributed by atoms with Gasteiger partial charge in [-0.2, -0.15) is 0 Å². The van der Waals surface area contributed by atoms with E-state index in [1.807, 2.05) is 88.8 Å². The van der Waals surface area contributed by atoms with Crippen LogP contribution in [0.15, 0.2) is 97.2 Å². The van der Waals surface area contributed by atoms with Crippen LogP contribution in [-0.4, -0.2) is 41.0 Å². The van der Waals surface area contributed by atoms with Crippen molar-refractivity contribution >= 4 is 17.5 Å². The van der Waals surface area contributed by atoms with Gasteiger partial charge in [-0.3, -0.25) is 14.5 Å². The minimum absolute atomic E-state index is 0.0379. The van der Waals surface area contributed by atoms with Gasteiger partial charge in [-0.15, -0.1) is 0 Å². The lowest BCUT2D eigenvalue weighted by atomic mass is 9.97. The van der Waals surface area contributed by atoms with Crippen molar-refractivity contribution in [1.82, 2.24) is 9.47 Å². The summed E-state index contributed by atoms with van der Waals surface area (Å²) < 4.78 is 7.55. The van der Waals surface area contributed by atoms with Crippen LogP contribution in [0.2, 0.25) is 0 Å². The lowest BCUT2D eigenvalue weighted by molar-refractivity contribution is -0.137. The fraction of sp³-hybridized carbons (Fsp3) is 0.273. The highest BCUT2D eigenvalue weighted by molar-refractivity contribution is 6.01. The molecule has 2 aliphatic carbocycles. The van der Waals surface area contributed by atoms with Crippen LogP contribution < -0.4 is 9.64 Å². The zero-order chi connectivity index (χ0) is 26.5. The van der Waals surface area contributed by atoms with Crippen LogP contribution in [-0.2, 0) is 9.59 Å². The number of carbonyl (C=O) groups excluding carboxylic acids is 2. The van der Waals surface area contributed by atoms with E-state index < -0.39 is 0 Å². The smallest absolute Gasteiger partial charge is 0.247 e. The number of ether oxygens (including phenoxy) is 1. The van der Waals surface area contributed by atoms with Crippen molar-refractivity contribution in [2.45, 2.75) is 37.3 Å². The van der Waals surface area contributed by atoms with Crippen molar-refractivity contribution in [2.75, 3.05) is 18.6 Å². The number of hydrogen-bond acceptors (Lipinski definition) is 3. The SMILES string of the molecule is COc1ccc(C2c3cccn3-c3ccccc3N2C(=O)CN(C(=O)C2CC2c2ccccc2)C2CC2)cc1. The van der Waals surface area contributed by atoms with Crippen molar-refractivity contribution in [2.24, 2.45) is 5.92 Å². The Labute approximate surface area is 228 Å². The van der Waals surface area contributed by atoms with Crippen molar-refractivity contribution in [3.8, 4) is 11.4 Å². The van der Waals surface area contributed by atoms with Crippen LogP contribution >= 0.6 is 0 Å². The fourth-order valence-electron chi connectivity index (χ4n) is 6.11. The third-order valence-corrected chi connectivity index (χ3v) is 8.33. The number of hydrogen-bond donors (Lipinski definition) is 0. The van der Waals surface area contributed by atoms with Gasteiger partial charge in [-0.25, -0.2) is 0 Å². The summed E-state index contributed by atoms with van der Waals surface area (Å²) in [4.78, 5) is 31.9. The minimum atomic E-state index is -0.317. The molecule has 0 N–H and O–H groups in total. The van der Waals surface area contributed by atoms with E-state index in [0.717, 1.165) is 47.6 Å². The second-order valence-corrected chi connectivity index (χ2v) is 10.8. The van der Waals surface area contributed by atoms with Crippen molar-refractivity contribution in [1.29, 1.82) is 0 Å². The maximum absolute atomic E-state index is 14.3. The molecule has 6 nitrogen and oxygen atoms in total. The van der Waals surface area contributed by atoms with Gasteiger partial charge in [-0.05, 0) is 72.7 Å². The summed E-state index contributed by atoms with van der Waals surface area (Å²) in [6, 6.07) is 30.1. The highest BCUT2D eigenvalue weighted by Crippen LogP contribution is 2.50. The molecule has 196 valence electrons. The van der Waals surface area contributed by atoms with E-state index in [4.69, 9.17) is 4.74 Å². The third kappa shape index (κ3) is 4.20. The van der Waals surface area contributed by atoms with E-state index in [2.05, 4.69) is 22.8 Å². The molecule has 1 aromatic heterocycles. The van der Waals surface area contributed by atoms with Gasteiger partial charge in [-0.1, -0.05) is 54.6 Å². The molecule has 6 heteroatoms. The number of carbonyl (C=O) groups is 2. The largest absolute Gasteiger partial charge is 0.497 e. The van der Waals surface area contributed by atoms with Crippen LogP contribution in [0, 0.1) is 5.92 Å². The molecule has 0 spiro atoms. The first-order valence-electron chi connectivity index (χ1n) is 13.7. The van der Waals surface area contributed by atoms with E-state index in [1.165, 1.54) is 5.56 Å². The zero-order valence-corrected chi connectivity index (χ0v) is 21.9. The molecular formula is C33H31N3O3. The molecule has 3 aromatic carbocycles. The molecule has 2 saturated carbocycles. The fourth-order valence-corrected chi connectivity index (χ4v) is 6.11. The third-order valence-electron chi connectivity index (χ3n) is 8.33. The van der Waals surface area contributed by atoms with Crippen molar-refractivity contribution in [3.05, 3.63) is 114 Å². The number of aromatic nitrogens is 1. The van der Waals surface area contributed by atoms with Gasteiger partial charge in [0.05, 0.1) is 24.2 Å². The number of amides is 2. The molecule has 0 saturated heterocycles. The summed E-state index contributed by atoms with van der Waals surface area (Å²) in [7, 11) is 1.65. The second kappa shape index (κ2) is 9.45. The molecule has 1 aliphatic heterocycles. The predicted octanol–water partition coefficient (Wildman–Crippen LogP) is 5.72. The number of methoxy groups -OCH3 is 1. The molecule has 2 fully saturated rings. The normalized spacial score (nSPS) is 21.1. The summed E-state index contributed by atoms with van der Waals surface area (Å²) in [5, 5.41) is 0. The molecular weight excluding hydrogens is 486 g/mol. The van der Waals surface area contributed by atoms with E-state index in [9.17, 15) is 9.59 Å². The van der Waals surface area contributed by atoms with Crippen LogP contribution in [0.4, 0.5) is 5.69 Å². The number of fused-ring (bicyclic) bond motifs is 3. The van der Waals surface area contributed by atoms with E-state index >= 15 is 0 Å². The Balaban J connectivity index is 1.22. The van der Waals surface area contributed by atoms with Crippen LogP contribution in [0.5, 0.6) is 5.75 Å². The topological polar surface area (TPSA) is 54.8 Å². The Kier molecular flexibility index (Phi) is 5.76. The zero-order valence-electron chi connectivity index (χ0n) is 21.9. The number of nitrogens with zero attached hydrogens (tertiary/aromatic N) is 3. The number of para-hydroxylation sites is 2. The first-order chi connectivity index (χ1) is 19.1. The summed E-state index contributed by atoms with van der Waals surface area (Å²) in [6.45, 7) is 0.0865. The van der Waals surface area contributed by atoms with E-state index in [1.54, 1.807) is 7.11 Å². The quantitative estimate of drug-likeness (QED) is 0.315. The molecule has 7 rings (SSSR count). The van der Waals surface area contributed by atoms with Crippen molar-refractivity contribution < 1.29 is 14.3 Å². The Morgan fingerprint density at radius 1 is 0.846 bits per heavy atom. The molecule has 0 bridgehead atoms. The Morgan fingerprint density at radius 2 is 1.56 bits per heavy atom. The van der Waals surface area contributed by atoms with Crippen LogP contribution in [0.1, 0.15) is 48.0 Å². The minimum Gasteiger partial charge on any atom is -0.497 e. The standard InChI is InChI=1S/C33H31N3O3/c1-39-25-17-13-23(14-18-25)32-30-12-7-19-34(30)28-10-5-6-11-29(28)36(32)31(37)21-35(24-15-16-24)33(38)27-20-26(27)22-8-3-2-4-9-22/h2-14,17-19,24,26-27,32H,15-16,20-21H2,1H3. The van der Waals surface area contributed by atoms with Gasteiger partial charge in [0.1, 0.15) is 18.3 Å². The molecule has 2 amide bonds. The molecule has 4 aromatic rings. The molecule has 39 heavy (non-hydrogen) atoms. The first-order valence-corrected chi connectivity index (χ1v) is 13.7. The predicted molar refractivity (Wildman–Crippen MR) is 150 cm³/mol. The van der Waals surface area contributed by atoms with Gasteiger partial charge in [0.25, 0.3) is 0 Å². The van der Waals surface area contributed by atoms with Gasteiger partial charge >= 0.3 is 0 Å². The van der Waals surface area contributed by atoms with E-state index in [-0.39, 0.29) is 42.3 Å². The van der Waals surface area contributed by atoms with Gasteiger partial charge in [0.15, 0.2) is 0 Å². The van der Waals surface area contributed by atoms with Crippen molar-refractivity contribution in [3.63, 3.8) is 0 Å². The van der Waals surface area contributed by atoms with Gasteiger partial charge in [0, 0.05) is 18.2 Å². The van der Waals surface area contributed by atoms with Crippen LogP contribution in [0.3, 0.4) is 0 Å². The summed E-state index contributed by atoms with van der Waals surface area (Å²) >= 11 is 0. The Bertz CT molecular complexity index is 1520. The molecule has 3 atom stereocenters. The Morgan fingerprint density at radius 3 is 2.28 bits per heavy atom. The average Bonchev–Trinajstić information content (AvgIpc) is 3.92. The maximum atomic E-state index is 14.3. The Hall–Kier alpha value is -4.32. The number of anilines is 1. The monoisotopic (exact) mass is 517 g/mol. The van der Waals surface area contributed by atoms with Gasteiger partial charge in [0.2, 0.25) is 11.8 Å². The first kappa shape index (κ1) is 23.8. The highest BCUT2D eigenvalue weighted by atomic mass is 16.5. The highest BCUT2D eigenvalue weighted by Gasteiger charge is 2.49.